The molecule has 0 amide bonds. The third-order valence-corrected chi connectivity index (χ3v) is 22.2. The summed E-state index contributed by atoms with van der Waals surface area (Å²) in [6.45, 7) is 1.54. The Hall–Kier alpha value is -7.46. The maximum atomic E-state index is 8.12. The molecular weight excluding hydrogens is 1160 g/mol. The van der Waals surface area contributed by atoms with Crippen LogP contribution in [-0.2, 0) is 20.4 Å². The second-order valence-electron chi connectivity index (χ2n) is 18.2. The average molecular weight is 1230 g/mol. The van der Waals surface area contributed by atoms with E-state index < -0.39 is 37.8 Å². The van der Waals surface area contributed by atoms with Gasteiger partial charge in [0, 0.05) is 20.4 Å². The van der Waals surface area contributed by atoms with Crippen LogP contribution in [-0.4, -0.2) is 11.2 Å². The fourth-order valence-electron chi connectivity index (χ4n) is 8.71. The van der Waals surface area contributed by atoms with E-state index in [2.05, 4.69) is 376 Å². The molecule has 1 atom stereocenters. The van der Waals surface area contributed by atoms with Crippen molar-refractivity contribution in [2.24, 2.45) is 0 Å². The molecule has 82 heavy (non-hydrogen) atoms. The first-order chi connectivity index (χ1) is 40.1. The molecule has 0 aliphatic carbocycles. The van der Waals surface area contributed by atoms with Crippen LogP contribution in [0.3, 0.4) is 0 Å². The van der Waals surface area contributed by atoms with Gasteiger partial charge in [0.15, 0.2) is 0 Å². The molecule has 0 saturated carbocycles. The zero-order chi connectivity index (χ0) is 55.9. The summed E-state index contributed by atoms with van der Waals surface area (Å²) < 4.78 is 0. The number of terminal acetylenes is 1. The molecule has 0 heterocycles. The topological polar surface area (TPSA) is 20.2 Å². The Labute approximate surface area is 506 Å². The predicted molar refractivity (Wildman–Crippen MR) is 361 cm³/mol. The van der Waals surface area contributed by atoms with Gasteiger partial charge in [0.05, 0.1) is 0 Å². The fourth-order valence-corrected chi connectivity index (χ4v) is 17.9. The second kappa shape index (κ2) is 35.4. The van der Waals surface area contributed by atoms with E-state index in [4.69, 9.17) is 5.11 Å². The Balaban J connectivity index is 0.000000152. The number of hydrogen-bond acceptors (Lipinski definition) is 1. The summed E-state index contributed by atoms with van der Waals surface area (Å²) in [4.78, 5) is 0. The van der Waals surface area contributed by atoms with Crippen LogP contribution >= 0.6 is 31.7 Å². The van der Waals surface area contributed by atoms with Crippen LogP contribution in [0.4, 0.5) is 0 Å². The SMILES string of the molecule is C#CC(C)O.[Pd].c1ccc(P(c2ccccc2)c2ccccc2)cc1.c1ccc(P(c2ccccc2)c2ccccc2)cc1.c1ccc(P(c2ccccc2)c2ccccc2)cc1.c1ccc(P(c2ccccc2)c2ccccc2)cc1. The van der Waals surface area contributed by atoms with Crippen molar-refractivity contribution < 1.29 is 25.5 Å². The van der Waals surface area contributed by atoms with Gasteiger partial charge in [0.1, 0.15) is 6.10 Å². The molecule has 0 radical (unpaired) electrons. The number of hydrogen-bond donors (Lipinski definition) is 1. The van der Waals surface area contributed by atoms with Crippen LogP contribution in [0.25, 0.3) is 0 Å². The molecule has 1 nitrogen and oxygen atoms in total. The van der Waals surface area contributed by atoms with E-state index in [0.29, 0.717) is 0 Å². The van der Waals surface area contributed by atoms with Gasteiger partial charge in [-0.25, -0.2) is 0 Å². The van der Waals surface area contributed by atoms with Gasteiger partial charge in [-0.1, -0.05) is 370 Å². The van der Waals surface area contributed by atoms with Gasteiger partial charge in [-0.15, -0.1) is 6.42 Å². The maximum absolute atomic E-state index is 8.12. The zero-order valence-electron chi connectivity index (χ0n) is 45.8. The van der Waals surface area contributed by atoms with Gasteiger partial charge in [-0.2, -0.15) is 0 Å². The van der Waals surface area contributed by atoms with Gasteiger partial charge in [0.25, 0.3) is 0 Å². The Bertz CT molecular complexity index is 2740. The smallest absolute Gasteiger partial charge is 0.111 e. The van der Waals surface area contributed by atoms with Gasteiger partial charge in [-0.3, -0.25) is 0 Å². The normalized spacial score (nSPS) is 10.6. The first-order valence-corrected chi connectivity index (χ1v) is 32.4. The molecule has 0 aromatic heterocycles. The van der Waals surface area contributed by atoms with E-state index in [1.807, 2.05) is 0 Å². The van der Waals surface area contributed by atoms with E-state index >= 15 is 0 Å². The van der Waals surface area contributed by atoms with Crippen LogP contribution in [0.1, 0.15) is 6.92 Å². The van der Waals surface area contributed by atoms with Gasteiger partial charge >= 0.3 is 0 Å². The van der Waals surface area contributed by atoms with Crippen LogP contribution in [0.15, 0.2) is 364 Å². The monoisotopic (exact) mass is 1220 g/mol. The van der Waals surface area contributed by atoms with Crippen LogP contribution in [0, 0.1) is 12.3 Å². The third kappa shape index (κ3) is 19.3. The minimum absolute atomic E-state index is 0. The molecular formula is C76H66OP4Pd. The number of rotatable bonds is 12. The molecule has 12 rings (SSSR count). The van der Waals surface area contributed by atoms with Crippen molar-refractivity contribution >= 4 is 95.3 Å². The second-order valence-corrected chi connectivity index (χ2v) is 27.1. The van der Waals surface area contributed by atoms with Crippen molar-refractivity contribution in [3.8, 4) is 12.3 Å². The Morgan fingerprint density at radius 3 is 0.354 bits per heavy atom. The first-order valence-electron chi connectivity index (χ1n) is 27.0. The van der Waals surface area contributed by atoms with E-state index in [1.54, 1.807) is 6.92 Å². The Kier molecular flexibility index (Phi) is 26.8. The third-order valence-electron chi connectivity index (χ3n) is 12.4. The molecule has 12 aromatic carbocycles. The zero-order valence-corrected chi connectivity index (χ0v) is 51.0. The van der Waals surface area contributed by atoms with E-state index in [-0.39, 0.29) is 20.4 Å². The predicted octanol–water partition coefficient (Wildman–Crippen LogP) is 13.8. The number of benzene rings is 12. The van der Waals surface area contributed by atoms with Crippen molar-refractivity contribution in [2.45, 2.75) is 13.0 Å². The molecule has 1 N–H and O–H groups in total. The summed E-state index contributed by atoms with van der Waals surface area (Å²) >= 11 is 0. The molecule has 0 bridgehead atoms. The van der Waals surface area contributed by atoms with Crippen molar-refractivity contribution in [2.75, 3.05) is 0 Å². The Morgan fingerprint density at radius 2 is 0.293 bits per heavy atom. The van der Waals surface area contributed by atoms with Gasteiger partial charge in [0.2, 0.25) is 0 Å². The van der Waals surface area contributed by atoms with Gasteiger partial charge < -0.3 is 5.11 Å². The minimum atomic E-state index is -0.588. The molecule has 1 unspecified atom stereocenters. The van der Waals surface area contributed by atoms with Crippen LogP contribution in [0.5, 0.6) is 0 Å². The summed E-state index contributed by atoms with van der Waals surface area (Å²) in [5.41, 5.74) is 0. The average Bonchev–Trinajstić information content (AvgIpc) is 3.57. The number of aliphatic hydroxyl groups excluding tert-OH is 1. The Morgan fingerprint density at radius 1 is 0.220 bits per heavy atom. The van der Waals surface area contributed by atoms with Crippen LogP contribution < -0.4 is 63.7 Å². The number of aliphatic hydroxyl groups is 1. The molecule has 0 spiro atoms. The summed E-state index contributed by atoms with van der Waals surface area (Å²) in [6.07, 6.45) is 4.08. The minimum Gasteiger partial charge on any atom is -0.381 e. The van der Waals surface area contributed by atoms with Crippen molar-refractivity contribution in [3.63, 3.8) is 0 Å². The maximum Gasteiger partial charge on any atom is 0.111 e. The molecule has 406 valence electrons. The fraction of sp³-hybridized carbons (Fsp3) is 0.0263. The molecule has 0 aliphatic heterocycles. The standard InChI is InChI=1S/4C18H15P.C4H6O.Pd/c4*1-4-10-16(11-5-1)19(17-12-6-2-7-13-17)18-14-8-3-9-15-18;1-3-4(2)5;/h4*1-15H;1,4-5H,2H3;. The first kappa shape index (κ1) is 62.1. The van der Waals surface area contributed by atoms with E-state index in [0.717, 1.165) is 0 Å². The summed E-state index contributed by atoms with van der Waals surface area (Å²) in [5.74, 6) is 2.08. The summed E-state index contributed by atoms with van der Waals surface area (Å²) in [5, 5.41) is 24.9. The summed E-state index contributed by atoms with van der Waals surface area (Å²) in [6, 6.07) is 129. The van der Waals surface area contributed by atoms with Crippen molar-refractivity contribution in [1.82, 2.24) is 0 Å². The quantitative estimate of drug-likeness (QED) is 0.0734. The van der Waals surface area contributed by atoms with Crippen molar-refractivity contribution in [3.05, 3.63) is 364 Å². The van der Waals surface area contributed by atoms with Crippen molar-refractivity contribution in [1.29, 1.82) is 0 Å². The molecule has 0 fully saturated rings. The van der Waals surface area contributed by atoms with E-state index in [1.165, 1.54) is 63.7 Å². The van der Waals surface area contributed by atoms with Crippen LogP contribution in [0.2, 0.25) is 0 Å². The molecule has 0 aliphatic rings. The van der Waals surface area contributed by atoms with E-state index in [9.17, 15) is 0 Å². The molecule has 0 saturated heterocycles. The largest absolute Gasteiger partial charge is 0.381 e. The summed E-state index contributed by atoms with van der Waals surface area (Å²) in [7, 11) is -1.78. The van der Waals surface area contributed by atoms with Gasteiger partial charge in [-0.05, 0) is 102 Å². The molecule has 12 aromatic rings. The molecule has 6 heteroatoms.